The van der Waals surface area contributed by atoms with Gasteiger partial charge in [-0.15, -0.1) is 6.58 Å². The maximum Gasteiger partial charge on any atom is 0.246 e. The molecule has 0 heterocycles. The Balaban J connectivity index is 4.55. The summed E-state index contributed by atoms with van der Waals surface area (Å²) in [6.07, 6.45) is 9.02. The molecule has 0 aromatic heterocycles. The van der Waals surface area contributed by atoms with Gasteiger partial charge in [-0.05, 0) is 45.3 Å². The van der Waals surface area contributed by atoms with Gasteiger partial charge >= 0.3 is 0 Å². The van der Waals surface area contributed by atoms with Crippen LogP contribution in [0.15, 0.2) is 37.0 Å². The van der Waals surface area contributed by atoms with E-state index in [1.54, 1.807) is 15.9 Å². The van der Waals surface area contributed by atoms with Gasteiger partial charge in [0.15, 0.2) is 11.6 Å². The van der Waals surface area contributed by atoms with E-state index in [4.69, 9.17) is 0 Å². The van der Waals surface area contributed by atoms with Crippen LogP contribution in [0.5, 0.6) is 0 Å². The van der Waals surface area contributed by atoms with Gasteiger partial charge in [-0.25, -0.2) is 0 Å². The van der Waals surface area contributed by atoms with Crippen molar-refractivity contribution in [3.63, 3.8) is 0 Å². The van der Waals surface area contributed by atoms with E-state index in [2.05, 4.69) is 6.58 Å². The van der Waals surface area contributed by atoms with Crippen LogP contribution in [0.2, 0.25) is 0 Å². The molecule has 0 aromatic carbocycles. The van der Waals surface area contributed by atoms with Gasteiger partial charge in [-0.1, -0.05) is 13.0 Å². The zero-order valence-corrected chi connectivity index (χ0v) is 16.1. The van der Waals surface area contributed by atoms with E-state index < -0.39 is 0 Å². The van der Waals surface area contributed by atoms with Crippen molar-refractivity contribution in [2.45, 2.75) is 40.0 Å². The SMILES string of the molecule is C=CCN(CCCCN(CCC)C(=O)/C=C/C(C)=O)C(=O)/C=C/C(C)=O. The Morgan fingerprint density at radius 2 is 1.23 bits per heavy atom. The molecule has 6 nitrogen and oxygen atoms in total. The van der Waals surface area contributed by atoms with Gasteiger partial charge in [0.1, 0.15) is 0 Å². The average molecular weight is 362 g/mol. The fourth-order valence-corrected chi connectivity index (χ4v) is 2.24. The number of carbonyl (C=O) groups is 4. The van der Waals surface area contributed by atoms with Crippen LogP contribution < -0.4 is 0 Å². The smallest absolute Gasteiger partial charge is 0.246 e. The van der Waals surface area contributed by atoms with Gasteiger partial charge in [-0.2, -0.15) is 0 Å². The lowest BCUT2D eigenvalue weighted by Crippen LogP contribution is -2.33. The standard InChI is InChI=1S/C20H30N2O4/c1-5-13-21(19(25)11-9-17(3)23)15-7-8-16-22(14-6-2)20(26)12-10-18(4)24/h5,9-12H,1,6-8,13-16H2,2-4H3/b11-9+,12-10+. The van der Waals surface area contributed by atoms with E-state index in [-0.39, 0.29) is 23.4 Å². The predicted molar refractivity (Wildman–Crippen MR) is 103 cm³/mol. The minimum Gasteiger partial charge on any atom is -0.339 e. The van der Waals surface area contributed by atoms with Crippen molar-refractivity contribution in [2.24, 2.45) is 0 Å². The predicted octanol–water partition coefficient (Wildman–Crippen LogP) is 2.31. The van der Waals surface area contributed by atoms with Crippen molar-refractivity contribution in [1.29, 1.82) is 0 Å². The lowest BCUT2D eigenvalue weighted by atomic mass is 10.2. The van der Waals surface area contributed by atoms with E-state index in [0.29, 0.717) is 26.2 Å². The van der Waals surface area contributed by atoms with Gasteiger partial charge in [0.25, 0.3) is 0 Å². The summed E-state index contributed by atoms with van der Waals surface area (Å²) in [5.74, 6) is -0.743. The first-order valence-corrected chi connectivity index (χ1v) is 8.87. The quantitative estimate of drug-likeness (QED) is 0.286. The second-order valence-electron chi connectivity index (χ2n) is 5.99. The van der Waals surface area contributed by atoms with Crippen molar-refractivity contribution < 1.29 is 19.2 Å². The topological polar surface area (TPSA) is 74.8 Å². The van der Waals surface area contributed by atoms with E-state index in [1.165, 1.54) is 38.2 Å². The van der Waals surface area contributed by atoms with Crippen molar-refractivity contribution in [3.8, 4) is 0 Å². The first-order chi connectivity index (χ1) is 12.3. The third-order valence-corrected chi connectivity index (χ3v) is 3.49. The second-order valence-corrected chi connectivity index (χ2v) is 5.99. The number of allylic oxidation sites excluding steroid dienone is 2. The Bertz CT molecular complexity index is 564. The maximum absolute atomic E-state index is 12.1. The van der Waals surface area contributed by atoms with Gasteiger partial charge in [0, 0.05) is 38.3 Å². The van der Waals surface area contributed by atoms with Crippen molar-refractivity contribution in [3.05, 3.63) is 37.0 Å². The molecule has 0 saturated heterocycles. The summed E-state index contributed by atoms with van der Waals surface area (Å²) in [5, 5.41) is 0. The van der Waals surface area contributed by atoms with E-state index >= 15 is 0 Å². The molecule has 0 rings (SSSR count). The molecule has 0 aliphatic heterocycles. The summed E-state index contributed by atoms with van der Waals surface area (Å²) in [4.78, 5) is 49.4. The highest BCUT2D eigenvalue weighted by atomic mass is 16.2. The zero-order chi connectivity index (χ0) is 19.9. The summed E-state index contributed by atoms with van der Waals surface area (Å²) in [6, 6.07) is 0. The van der Waals surface area contributed by atoms with Crippen LogP contribution in [0, 0.1) is 0 Å². The van der Waals surface area contributed by atoms with E-state index in [1.807, 2.05) is 6.92 Å². The number of carbonyl (C=O) groups excluding carboxylic acids is 4. The lowest BCUT2D eigenvalue weighted by Gasteiger charge is -2.22. The lowest BCUT2D eigenvalue weighted by molar-refractivity contribution is -0.127. The molecular formula is C20H30N2O4. The number of hydrogen-bond donors (Lipinski definition) is 0. The van der Waals surface area contributed by atoms with Crippen LogP contribution in [0.1, 0.15) is 40.0 Å². The number of hydrogen-bond acceptors (Lipinski definition) is 4. The molecule has 0 aromatic rings. The molecule has 0 saturated carbocycles. The minimum atomic E-state index is -0.231. The average Bonchev–Trinajstić information content (AvgIpc) is 2.59. The Hall–Kier alpha value is -2.50. The monoisotopic (exact) mass is 362 g/mol. The number of unbranched alkanes of at least 4 members (excludes halogenated alkanes) is 1. The fraction of sp³-hybridized carbons (Fsp3) is 0.500. The molecule has 0 aliphatic rings. The first kappa shape index (κ1) is 23.5. The zero-order valence-electron chi connectivity index (χ0n) is 16.1. The van der Waals surface area contributed by atoms with Crippen LogP contribution in [0.3, 0.4) is 0 Å². The maximum atomic E-state index is 12.1. The Morgan fingerprint density at radius 3 is 1.65 bits per heavy atom. The Labute approximate surface area is 156 Å². The van der Waals surface area contributed by atoms with Crippen LogP contribution in [0.25, 0.3) is 0 Å². The molecular weight excluding hydrogens is 332 g/mol. The highest BCUT2D eigenvalue weighted by Crippen LogP contribution is 2.03. The normalized spacial score (nSPS) is 10.9. The van der Waals surface area contributed by atoms with Gasteiger partial charge in [0.05, 0.1) is 0 Å². The number of nitrogens with zero attached hydrogens (tertiary/aromatic N) is 2. The molecule has 0 unspecified atom stereocenters. The summed E-state index contributed by atoms with van der Waals surface area (Å²) in [7, 11) is 0. The number of amides is 2. The molecule has 0 radical (unpaired) electrons. The van der Waals surface area contributed by atoms with Crippen molar-refractivity contribution in [1.82, 2.24) is 9.80 Å². The van der Waals surface area contributed by atoms with Crippen LogP contribution in [-0.4, -0.2) is 59.4 Å². The number of ketones is 2. The molecule has 2 amide bonds. The minimum absolute atomic E-state index is 0.160. The van der Waals surface area contributed by atoms with Crippen LogP contribution in [-0.2, 0) is 19.2 Å². The molecule has 0 atom stereocenters. The Kier molecular flexibility index (Phi) is 12.4. The molecule has 0 bridgehead atoms. The fourth-order valence-electron chi connectivity index (χ4n) is 2.24. The van der Waals surface area contributed by atoms with Crippen LogP contribution >= 0.6 is 0 Å². The van der Waals surface area contributed by atoms with Crippen molar-refractivity contribution >= 4 is 23.4 Å². The molecule has 144 valence electrons. The van der Waals surface area contributed by atoms with Crippen LogP contribution in [0.4, 0.5) is 0 Å². The third kappa shape index (κ3) is 11.1. The molecule has 0 spiro atoms. The highest BCUT2D eigenvalue weighted by Gasteiger charge is 2.12. The summed E-state index contributed by atoms with van der Waals surface area (Å²) < 4.78 is 0. The first-order valence-electron chi connectivity index (χ1n) is 8.87. The second kappa shape index (κ2) is 13.8. The molecule has 6 heteroatoms. The van der Waals surface area contributed by atoms with E-state index in [0.717, 1.165) is 19.3 Å². The van der Waals surface area contributed by atoms with Gasteiger partial charge in [-0.3, -0.25) is 19.2 Å². The number of rotatable bonds is 13. The van der Waals surface area contributed by atoms with Gasteiger partial charge in [0.2, 0.25) is 11.8 Å². The van der Waals surface area contributed by atoms with Crippen molar-refractivity contribution in [2.75, 3.05) is 26.2 Å². The highest BCUT2D eigenvalue weighted by molar-refractivity contribution is 5.97. The molecule has 0 aliphatic carbocycles. The third-order valence-electron chi connectivity index (χ3n) is 3.49. The molecule has 0 fully saturated rings. The van der Waals surface area contributed by atoms with Gasteiger partial charge < -0.3 is 9.80 Å². The Morgan fingerprint density at radius 1 is 0.769 bits per heavy atom. The summed E-state index contributed by atoms with van der Waals surface area (Å²) in [5.41, 5.74) is 0. The largest absolute Gasteiger partial charge is 0.339 e. The molecule has 0 N–H and O–H groups in total. The van der Waals surface area contributed by atoms with E-state index in [9.17, 15) is 19.2 Å². The summed E-state index contributed by atoms with van der Waals surface area (Å²) >= 11 is 0. The summed E-state index contributed by atoms with van der Waals surface area (Å²) in [6.45, 7) is 10.5. The molecule has 26 heavy (non-hydrogen) atoms.